The number of carbonyl (C=O) groups is 3. The third kappa shape index (κ3) is 5.87. The maximum Gasteiger partial charge on any atom is 0.328 e. The Kier molecular flexibility index (Phi) is 6.74. The second kappa shape index (κ2) is 9.21. The van der Waals surface area contributed by atoms with Gasteiger partial charge >= 0.3 is 5.97 Å². The molecule has 0 unspecified atom stereocenters. The van der Waals surface area contributed by atoms with Crippen molar-refractivity contribution >= 4 is 29.2 Å². The van der Waals surface area contributed by atoms with Crippen LogP contribution in [-0.4, -0.2) is 35.4 Å². The molecule has 2 aromatic carbocycles. The van der Waals surface area contributed by atoms with Gasteiger partial charge in [-0.3, -0.25) is 19.7 Å². The summed E-state index contributed by atoms with van der Waals surface area (Å²) in [6.45, 7) is 0.703. The van der Waals surface area contributed by atoms with Gasteiger partial charge in [0, 0.05) is 23.4 Å². The third-order valence-electron chi connectivity index (χ3n) is 3.47. The number of hydrogen-bond acceptors (Lipinski definition) is 6. The minimum Gasteiger partial charge on any atom is -0.454 e. The maximum atomic E-state index is 13.1. The fraction of sp³-hybridized carbons (Fsp3) is 0.167. The number of nitrogens with one attached hydrogen (secondary N) is 2. The molecule has 0 spiro atoms. The van der Waals surface area contributed by atoms with E-state index < -0.39 is 41.2 Å². The van der Waals surface area contributed by atoms with Gasteiger partial charge in [-0.05, 0) is 31.2 Å². The van der Waals surface area contributed by atoms with Crippen LogP contribution >= 0.6 is 0 Å². The first kappa shape index (κ1) is 20.5. The first-order chi connectivity index (χ1) is 13.3. The van der Waals surface area contributed by atoms with Gasteiger partial charge in [-0.2, -0.15) is 0 Å². The maximum absolute atomic E-state index is 13.1. The Labute approximate surface area is 158 Å². The summed E-state index contributed by atoms with van der Waals surface area (Å²) in [4.78, 5) is 45.8. The number of ether oxygens (including phenoxy) is 1. The van der Waals surface area contributed by atoms with Gasteiger partial charge < -0.3 is 15.4 Å². The lowest BCUT2D eigenvalue weighted by molar-refractivity contribution is -0.384. The van der Waals surface area contributed by atoms with E-state index in [0.717, 1.165) is 12.1 Å². The molecule has 0 aliphatic rings. The van der Waals surface area contributed by atoms with Crippen LogP contribution in [0.25, 0.3) is 0 Å². The molecule has 2 rings (SSSR count). The first-order valence-electron chi connectivity index (χ1n) is 8.03. The van der Waals surface area contributed by atoms with Crippen molar-refractivity contribution in [1.82, 2.24) is 5.32 Å². The van der Waals surface area contributed by atoms with Gasteiger partial charge in [0.2, 0.25) is 0 Å². The summed E-state index contributed by atoms with van der Waals surface area (Å²) in [6.07, 6.45) is 0. The Balaban J connectivity index is 1.85. The molecule has 0 aromatic heterocycles. The number of amides is 2. The minimum absolute atomic E-state index is 0.00213. The lowest BCUT2D eigenvalue weighted by Crippen LogP contribution is -2.40. The molecule has 2 N–H and O–H groups in total. The van der Waals surface area contributed by atoms with Crippen LogP contribution in [0.5, 0.6) is 0 Å². The standard InChI is InChI=1S/C18H16FN3O6/c1-11(20-17(24)12-4-2-7-15(8-12)22(26)27)18(25)28-10-16(23)21-14-6-3-5-13(19)9-14/h2-9,11H,10H2,1H3,(H,20,24)(H,21,23)/t11-/m0/s1. The second-order valence-electron chi connectivity index (χ2n) is 5.67. The summed E-state index contributed by atoms with van der Waals surface area (Å²) in [5.41, 5.74) is -0.0670. The number of benzene rings is 2. The van der Waals surface area contributed by atoms with Crippen LogP contribution in [0.4, 0.5) is 15.8 Å². The van der Waals surface area contributed by atoms with Crippen LogP contribution < -0.4 is 10.6 Å². The molecule has 0 aliphatic carbocycles. The van der Waals surface area contributed by atoms with Crippen LogP contribution in [0, 0.1) is 15.9 Å². The summed E-state index contributed by atoms with van der Waals surface area (Å²) in [5, 5.41) is 15.4. The third-order valence-corrected chi connectivity index (χ3v) is 3.47. The van der Waals surface area contributed by atoms with Gasteiger partial charge in [-0.25, -0.2) is 9.18 Å². The molecule has 1 atom stereocenters. The highest BCUT2D eigenvalue weighted by Crippen LogP contribution is 2.13. The molecule has 0 saturated carbocycles. The summed E-state index contributed by atoms with van der Waals surface area (Å²) in [7, 11) is 0. The van der Waals surface area contributed by atoms with E-state index in [1.54, 1.807) is 0 Å². The zero-order valence-electron chi connectivity index (χ0n) is 14.7. The van der Waals surface area contributed by atoms with E-state index in [1.807, 2.05) is 0 Å². The Morgan fingerprint density at radius 3 is 2.57 bits per heavy atom. The van der Waals surface area contributed by atoms with E-state index in [4.69, 9.17) is 4.74 Å². The van der Waals surface area contributed by atoms with Crippen molar-refractivity contribution in [2.24, 2.45) is 0 Å². The van der Waals surface area contributed by atoms with E-state index in [-0.39, 0.29) is 16.9 Å². The monoisotopic (exact) mass is 389 g/mol. The smallest absolute Gasteiger partial charge is 0.328 e. The Bertz CT molecular complexity index is 918. The van der Waals surface area contributed by atoms with Gasteiger partial charge in [0.05, 0.1) is 4.92 Å². The molecule has 28 heavy (non-hydrogen) atoms. The SMILES string of the molecule is C[C@H](NC(=O)c1cccc([N+](=O)[O-])c1)C(=O)OCC(=O)Nc1cccc(F)c1. The van der Waals surface area contributed by atoms with Gasteiger partial charge in [0.1, 0.15) is 11.9 Å². The van der Waals surface area contributed by atoms with Gasteiger partial charge in [0.15, 0.2) is 6.61 Å². The van der Waals surface area contributed by atoms with Gasteiger partial charge in [0.25, 0.3) is 17.5 Å². The number of esters is 1. The number of anilines is 1. The van der Waals surface area contributed by atoms with E-state index in [0.29, 0.717) is 0 Å². The first-order valence-corrected chi connectivity index (χ1v) is 8.03. The molecule has 0 saturated heterocycles. The summed E-state index contributed by atoms with van der Waals surface area (Å²) in [6, 6.07) is 9.06. The van der Waals surface area contributed by atoms with Crippen LogP contribution in [0.3, 0.4) is 0 Å². The zero-order chi connectivity index (χ0) is 20.7. The molecule has 146 valence electrons. The number of halogens is 1. The molecule has 0 bridgehead atoms. The predicted molar refractivity (Wildman–Crippen MR) is 96.0 cm³/mol. The molecule has 10 heteroatoms. The molecule has 2 aromatic rings. The number of nitro groups is 1. The van der Waals surface area contributed by atoms with E-state index in [2.05, 4.69) is 10.6 Å². The lowest BCUT2D eigenvalue weighted by atomic mass is 10.2. The summed E-state index contributed by atoms with van der Waals surface area (Å²) >= 11 is 0. The molecule has 2 amide bonds. The quantitative estimate of drug-likeness (QED) is 0.424. The number of nitro benzene ring substituents is 1. The van der Waals surface area contributed by atoms with Crippen LogP contribution in [-0.2, 0) is 14.3 Å². The van der Waals surface area contributed by atoms with E-state index in [1.165, 1.54) is 43.3 Å². The Morgan fingerprint density at radius 1 is 1.18 bits per heavy atom. The largest absolute Gasteiger partial charge is 0.454 e. The fourth-order valence-electron chi connectivity index (χ4n) is 2.12. The Morgan fingerprint density at radius 2 is 1.89 bits per heavy atom. The van der Waals surface area contributed by atoms with E-state index in [9.17, 15) is 28.9 Å². The van der Waals surface area contributed by atoms with Crippen LogP contribution in [0.1, 0.15) is 17.3 Å². The average Bonchev–Trinajstić information content (AvgIpc) is 2.66. The predicted octanol–water partition coefficient (Wildman–Crippen LogP) is 2.03. The lowest BCUT2D eigenvalue weighted by Gasteiger charge is -2.13. The molecular weight excluding hydrogens is 373 g/mol. The van der Waals surface area contributed by atoms with Crippen LogP contribution in [0.2, 0.25) is 0 Å². The number of hydrogen-bond donors (Lipinski definition) is 2. The summed E-state index contributed by atoms with van der Waals surface area (Å²) < 4.78 is 17.9. The summed E-state index contributed by atoms with van der Waals surface area (Å²) in [5.74, 6) is -2.81. The highest BCUT2D eigenvalue weighted by Gasteiger charge is 2.20. The molecule has 0 radical (unpaired) electrons. The topological polar surface area (TPSA) is 128 Å². The second-order valence-corrected chi connectivity index (χ2v) is 5.67. The van der Waals surface area contributed by atoms with Crippen molar-refractivity contribution < 1.29 is 28.4 Å². The van der Waals surface area contributed by atoms with Crippen molar-refractivity contribution in [2.45, 2.75) is 13.0 Å². The molecule has 0 heterocycles. The van der Waals surface area contributed by atoms with Crippen LogP contribution in [0.15, 0.2) is 48.5 Å². The molecule has 0 aliphatic heterocycles. The number of carbonyl (C=O) groups excluding carboxylic acids is 3. The zero-order valence-corrected chi connectivity index (χ0v) is 14.7. The minimum atomic E-state index is -1.10. The highest BCUT2D eigenvalue weighted by atomic mass is 19.1. The van der Waals surface area contributed by atoms with E-state index >= 15 is 0 Å². The Hall–Kier alpha value is -3.82. The number of nitrogens with zero attached hydrogens (tertiary/aromatic N) is 1. The van der Waals surface area contributed by atoms with Gasteiger partial charge in [-0.1, -0.05) is 12.1 Å². The number of rotatable bonds is 7. The van der Waals surface area contributed by atoms with Crippen molar-refractivity contribution in [2.75, 3.05) is 11.9 Å². The van der Waals surface area contributed by atoms with Crippen molar-refractivity contribution in [1.29, 1.82) is 0 Å². The van der Waals surface area contributed by atoms with Gasteiger partial charge in [-0.15, -0.1) is 0 Å². The number of non-ortho nitro benzene ring substituents is 1. The normalized spacial score (nSPS) is 11.2. The van der Waals surface area contributed by atoms with Crippen molar-refractivity contribution in [3.63, 3.8) is 0 Å². The van der Waals surface area contributed by atoms with Crippen molar-refractivity contribution in [3.05, 3.63) is 70.0 Å². The fourth-order valence-corrected chi connectivity index (χ4v) is 2.12. The highest BCUT2D eigenvalue weighted by molar-refractivity contribution is 5.97. The van der Waals surface area contributed by atoms with Crippen molar-refractivity contribution in [3.8, 4) is 0 Å². The molecule has 0 fully saturated rings. The molecule has 9 nitrogen and oxygen atoms in total. The average molecular weight is 389 g/mol. The molecular formula is C18H16FN3O6.